The summed E-state index contributed by atoms with van der Waals surface area (Å²) in [6, 6.07) is 0.126. The van der Waals surface area contributed by atoms with Crippen molar-refractivity contribution in [2.24, 2.45) is 5.41 Å². The summed E-state index contributed by atoms with van der Waals surface area (Å²) in [5.41, 5.74) is 0.361. The third-order valence-corrected chi connectivity index (χ3v) is 4.80. The summed E-state index contributed by atoms with van der Waals surface area (Å²) in [5, 5.41) is 3.08. The number of carbonyl (C=O) groups is 2. The fourth-order valence-electron chi connectivity index (χ4n) is 3.10. The third-order valence-electron chi connectivity index (χ3n) is 4.80. The highest BCUT2D eigenvalue weighted by Crippen LogP contribution is 2.19. The molecule has 0 saturated carbocycles. The lowest BCUT2D eigenvalue weighted by Gasteiger charge is -2.36. The Morgan fingerprint density at radius 3 is 2.22 bits per heavy atom. The van der Waals surface area contributed by atoms with Crippen LogP contribution in [-0.4, -0.2) is 78.5 Å². The molecule has 1 unspecified atom stereocenters. The Morgan fingerprint density at radius 1 is 1.04 bits per heavy atom. The Labute approximate surface area is 140 Å². The Hall–Kier alpha value is -1.30. The van der Waals surface area contributed by atoms with Gasteiger partial charge in [0.1, 0.15) is 0 Å². The number of piperazine rings is 1. The molecule has 132 valence electrons. The molecule has 0 bridgehead atoms. The molecule has 0 aromatic carbocycles. The second-order valence-electron chi connectivity index (χ2n) is 8.04. The highest BCUT2D eigenvalue weighted by Gasteiger charge is 2.28. The maximum atomic E-state index is 12.3. The van der Waals surface area contributed by atoms with Crippen LogP contribution in [0.5, 0.6) is 0 Å². The minimum absolute atomic E-state index is 0.0240. The van der Waals surface area contributed by atoms with Gasteiger partial charge in [-0.2, -0.15) is 0 Å². The SMILES string of the molecule is CC(=O)N1CCC(NC(=O)N2CCN(CCC(C)(C)C)CC2)C1. The number of rotatable bonds is 3. The molecule has 0 aromatic heterocycles. The summed E-state index contributed by atoms with van der Waals surface area (Å²) < 4.78 is 0. The van der Waals surface area contributed by atoms with Crippen LogP contribution in [0.4, 0.5) is 4.79 Å². The second-order valence-corrected chi connectivity index (χ2v) is 8.04. The summed E-state index contributed by atoms with van der Waals surface area (Å²) in [6.45, 7) is 14.4. The predicted molar refractivity (Wildman–Crippen MR) is 91.3 cm³/mol. The number of hydrogen-bond donors (Lipinski definition) is 1. The summed E-state index contributed by atoms with van der Waals surface area (Å²) in [4.78, 5) is 29.8. The maximum absolute atomic E-state index is 12.3. The van der Waals surface area contributed by atoms with Crippen LogP contribution in [0, 0.1) is 5.41 Å². The minimum atomic E-state index is 0.0240. The average molecular weight is 324 g/mol. The summed E-state index contributed by atoms with van der Waals surface area (Å²) in [6.07, 6.45) is 2.04. The number of hydrogen-bond acceptors (Lipinski definition) is 3. The molecular formula is C17H32N4O2. The molecule has 6 heteroatoms. The number of nitrogens with one attached hydrogen (secondary N) is 1. The van der Waals surface area contributed by atoms with Gasteiger partial charge in [-0.05, 0) is 24.8 Å². The lowest BCUT2D eigenvalue weighted by atomic mass is 9.92. The molecule has 0 aliphatic carbocycles. The van der Waals surface area contributed by atoms with E-state index in [-0.39, 0.29) is 18.0 Å². The number of carbonyl (C=O) groups excluding carboxylic acids is 2. The van der Waals surface area contributed by atoms with E-state index in [9.17, 15) is 9.59 Å². The number of likely N-dealkylation sites (tertiary alicyclic amines) is 1. The molecule has 2 rings (SSSR count). The van der Waals surface area contributed by atoms with Gasteiger partial charge in [-0.1, -0.05) is 20.8 Å². The Morgan fingerprint density at radius 2 is 1.70 bits per heavy atom. The lowest BCUT2D eigenvalue weighted by molar-refractivity contribution is -0.127. The molecule has 0 aromatic rings. The van der Waals surface area contributed by atoms with Gasteiger partial charge in [0, 0.05) is 52.2 Å². The smallest absolute Gasteiger partial charge is 0.317 e. The first-order valence-corrected chi connectivity index (χ1v) is 8.78. The zero-order chi connectivity index (χ0) is 17.0. The number of nitrogens with zero attached hydrogens (tertiary/aromatic N) is 3. The fraction of sp³-hybridized carbons (Fsp3) is 0.882. The summed E-state index contributed by atoms with van der Waals surface area (Å²) in [7, 11) is 0. The Balaban J connectivity index is 1.69. The normalized spacial score (nSPS) is 23.2. The molecule has 23 heavy (non-hydrogen) atoms. The maximum Gasteiger partial charge on any atom is 0.317 e. The molecule has 2 saturated heterocycles. The van der Waals surface area contributed by atoms with Crippen LogP contribution in [0.3, 0.4) is 0 Å². The van der Waals surface area contributed by atoms with Crippen LogP contribution >= 0.6 is 0 Å². The van der Waals surface area contributed by atoms with Crippen molar-refractivity contribution in [1.82, 2.24) is 20.0 Å². The topological polar surface area (TPSA) is 55.9 Å². The highest BCUT2D eigenvalue weighted by atomic mass is 16.2. The van der Waals surface area contributed by atoms with Gasteiger partial charge in [0.25, 0.3) is 0 Å². The molecule has 2 aliphatic rings. The number of amides is 3. The molecule has 3 amide bonds. The molecule has 2 fully saturated rings. The first kappa shape index (κ1) is 18.0. The molecular weight excluding hydrogens is 292 g/mol. The van der Waals surface area contributed by atoms with Gasteiger partial charge in [-0.3, -0.25) is 9.69 Å². The van der Waals surface area contributed by atoms with Crippen molar-refractivity contribution < 1.29 is 9.59 Å². The van der Waals surface area contributed by atoms with Crippen molar-refractivity contribution >= 4 is 11.9 Å². The molecule has 1 N–H and O–H groups in total. The molecule has 2 aliphatic heterocycles. The van der Waals surface area contributed by atoms with Gasteiger partial charge >= 0.3 is 6.03 Å². The Bertz CT molecular complexity index is 425. The van der Waals surface area contributed by atoms with E-state index in [1.54, 1.807) is 11.8 Å². The van der Waals surface area contributed by atoms with Gasteiger partial charge < -0.3 is 15.1 Å². The molecule has 2 heterocycles. The van der Waals surface area contributed by atoms with E-state index >= 15 is 0 Å². The minimum Gasteiger partial charge on any atom is -0.341 e. The number of urea groups is 1. The van der Waals surface area contributed by atoms with Crippen LogP contribution in [0.25, 0.3) is 0 Å². The summed E-state index contributed by atoms with van der Waals surface area (Å²) in [5.74, 6) is 0.0919. The van der Waals surface area contributed by atoms with Gasteiger partial charge in [0.05, 0.1) is 0 Å². The summed E-state index contributed by atoms with van der Waals surface area (Å²) >= 11 is 0. The quantitative estimate of drug-likeness (QED) is 0.853. The first-order chi connectivity index (χ1) is 10.7. The van der Waals surface area contributed by atoms with Crippen LogP contribution in [0.15, 0.2) is 0 Å². The van der Waals surface area contributed by atoms with Crippen LogP contribution < -0.4 is 5.32 Å². The van der Waals surface area contributed by atoms with E-state index < -0.39 is 0 Å². The van der Waals surface area contributed by atoms with Crippen molar-refractivity contribution in [2.75, 3.05) is 45.8 Å². The first-order valence-electron chi connectivity index (χ1n) is 8.78. The molecule has 6 nitrogen and oxygen atoms in total. The van der Waals surface area contributed by atoms with E-state index in [1.807, 2.05) is 4.90 Å². The molecule has 0 spiro atoms. The van der Waals surface area contributed by atoms with Crippen molar-refractivity contribution in [3.8, 4) is 0 Å². The molecule has 0 radical (unpaired) electrons. The van der Waals surface area contributed by atoms with Crippen molar-refractivity contribution in [3.05, 3.63) is 0 Å². The standard InChI is InChI=1S/C17H32N4O2/c1-14(22)21-7-5-15(13-21)18-16(23)20-11-9-19(10-12-20)8-6-17(2,3)4/h15H,5-13H2,1-4H3,(H,18,23). The highest BCUT2D eigenvalue weighted by molar-refractivity contribution is 5.76. The van der Waals surface area contributed by atoms with Gasteiger partial charge in [0.15, 0.2) is 0 Å². The zero-order valence-electron chi connectivity index (χ0n) is 15.1. The van der Waals surface area contributed by atoms with E-state index in [0.29, 0.717) is 12.0 Å². The van der Waals surface area contributed by atoms with Gasteiger partial charge in [-0.15, -0.1) is 0 Å². The largest absolute Gasteiger partial charge is 0.341 e. The third kappa shape index (κ3) is 5.68. The fourth-order valence-corrected chi connectivity index (χ4v) is 3.10. The van der Waals surface area contributed by atoms with Crippen molar-refractivity contribution in [3.63, 3.8) is 0 Å². The van der Waals surface area contributed by atoms with E-state index in [0.717, 1.165) is 45.7 Å². The molecule has 1 atom stereocenters. The predicted octanol–water partition coefficient (Wildman–Crippen LogP) is 1.37. The average Bonchev–Trinajstić information content (AvgIpc) is 2.93. The van der Waals surface area contributed by atoms with E-state index in [4.69, 9.17) is 0 Å². The van der Waals surface area contributed by atoms with E-state index in [2.05, 4.69) is 31.0 Å². The van der Waals surface area contributed by atoms with Crippen LogP contribution in [0.2, 0.25) is 0 Å². The second kappa shape index (κ2) is 7.51. The Kier molecular flexibility index (Phi) is 5.89. The van der Waals surface area contributed by atoms with Crippen LogP contribution in [-0.2, 0) is 4.79 Å². The monoisotopic (exact) mass is 324 g/mol. The zero-order valence-corrected chi connectivity index (χ0v) is 15.1. The van der Waals surface area contributed by atoms with Gasteiger partial charge in [0.2, 0.25) is 5.91 Å². The van der Waals surface area contributed by atoms with E-state index in [1.165, 1.54) is 6.42 Å². The van der Waals surface area contributed by atoms with Crippen LogP contribution in [0.1, 0.15) is 40.5 Å². The van der Waals surface area contributed by atoms with Crippen molar-refractivity contribution in [2.45, 2.75) is 46.6 Å². The van der Waals surface area contributed by atoms with Crippen molar-refractivity contribution in [1.29, 1.82) is 0 Å². The van der Waals surface area contributed by atoms with Gasteiger partial charge in [-0.25, -0.2) is 4.79 Å². The lowest BCUT2D eigenvalue weighted by Crippen LogP contribution is -2.54.